The van der Waals surface area contributed by atoms with E-state index in [9.17, 15) is 9.79 Å². The van der Waals surface area contributed by atoms with Crippen LogP contribution in [0.5, 0.6) is 0 Å². The van der Waals surface area contributed by atoms with Crippen LogP contribution in [-0.2, 0) is 121 Å². The van der Waals surface area contributed by atoms with Gasteiger partial charge in [-0.3, -0.25) is 0 Å². The van der Waals surface area contributed by atoms with Crippen molar-refractivity contribution in [1.29, 1.82) is 0 Å². The van der Waals surface area contributed by atoms with E-state index in [0.717, 1.165) is 38.5 Å². The fraction of sp³-hybridized carbons (Fsp3) is 0.400. The average Bonchev–Trinajstić information content (AvgIpc) is 2.88. The summed E-state index contributed by atoms with van der Waals surface area (Å²) >= 11 is 7.28. The molecule has 0 amide bonds. The fourth-order valence-corrected chi connectivity index (χ4v) is 3.50. The van der Waals surface area contributed by atoms with Crippen LogP contribution in [-0.4, -0.2) is 0 Å². The Hall–Kier alpha value is 0.450. The Bertz CT molecular complexity index is 824. The second-order valence-electron chi connectivity index (χ2n) is 7.59. The van der Waals surface area contributed by atoms with E-state index in [1.807, 2.05) is 18.2 Å². The van der Waals surface area contributed by atoms with Crippen LogP contribution in [0.25, 0.3) is 0 Å². The maximum atomic E-state index is 9.29. The van der Waals surface area contributed by atoms with Crippen LogP contribution in [0.2, 0.25) is 0 Å². The minimum atomic E-state index is -3.72. The first-order valence-electron chi connectivity index (χ1n) is 12.3. The van der Waals surface area contributed by atoms with Crippen molar-refractivity contribution in [3.63, 3.8) is 0 Å². The van der Waals surface area contributed by atoms with Gasteiger partial charge in [-0.2, -0.15) is 118 Å². The van der Waals surface area contributed by atoms with Gasteiger partial charge in [-0.1, -0.05) is 80.1 Å². The van der Waals surface area contributed by atoms with Crippen molar-refractivity contribution in [2.24, 2.45) is 0 Å². The molecule has 3 aromatic rings. The van der Waals surface area contributed by atoms with Gasteiger partial charge < -0.3 is 27.7 Å². The molecule has 0 aliphatic carbocycles. The normalized spacial score (nSPS) is 9.29. The Morgan fingerprint density at radius 2 is 0.789 bits per heavy atom. The SMILES string of the molecule is CCc1[c-]cccc1CC.CCc1[c-]cccc1CC.CCc1[c-]cccc1CC.[O-]P([O-])(=S)[S-].[Zn+2].[Zn+2].[Zn+2]. The number of aryl methyl sites for hydroxylation is 6. The first-order chi connectivity index (χ1) is 16.6. The Morgan fingerprint density at radius 1 is 0.579 bits per heavy atom. The molecule has 0 aliphatic rings. The summed E-state index contributed by atoms with van der Waals surface area (Å²) in [5, 5.41) is 0. The molecule has 0 N–H and O–H groups in total. The zero-order valence-corrected chi connectivity index (χ0v) is 35.6. The van der Waals surface area contributed by atoms with Crippen LogP contribution in [0.1, 0.15) is 74.9 Å². The van der Waals surface area contributed by atoms with Crippen molar-refractivity contribution in [3.8, 4) is 0 Å². The van der Waals surface area contributed by atoms with Gasteiger partial charge in [0.25, 0.3) is 0 Å². The van der Waals surface area contributed by atoms with Crippen LogP contribution in [0.3, 0.4) is 0 Å². The monoisotopic (exact) mass is 718 g/mol. The van der Waals surface area contributed by atoms with E-state index in [0.29, 0.717) is 0 Å². The summed E-state index contributed by atoms with van der Waals surface area (Å²) in [6, 6.07) is 28.4. The van der Waals surface area contributed by atoms with E-state index in [-0.39, 0.29) is 58.4 Å². The summed E-state index contributed by atoms with van der Waals surface area (Å²) < 4.78 is 0. The van der Waals surface area contributed by atoms with Gasteiger partial charge in [-0.25, -0.2) is 0 Å². The average molecular weight is 723 g/mol. The van der Waals surface area contributed by atoms with Gasteiger partial charge >= 0.3 is 58.4 Å². The molecule has 0 fully saturated rings. The Balaban J connectivity index is -0.000000203. The number of hydrogen-bond acceptors (Lipinski definition) is 4. The second-order valence-corrected chi connectivity index (χ2v) is 12.1. The molecule has 0 saturated heterocycles. The summed E-state index contributed by atoms with van der Waals surface area (Å²) in [6.45, 7) is 13.1. The molecule has 38 heavy (non-hydrogen) atoms. The molecule has 0 spiro atoms. The van der Waals surface area contributed by atoms with Crippen LogP contribution >= 0.6 is 5.69 Å². The first-order valence-corrected chi connectivity index (χ1v) is 16.0. The molecular formula is C30H39O2PS2Zn3. The first kappa shape index (κ1) is 45.4. The standard InChI is InChI=1S/3C10H13.H3O2PS2.3Zn/c3*1-3-9-7-5-6-8-10(9)4-2;1-3(2,4)5;;;/h3*5-7H,3-4H2,1-2H3;(H3,1,2,4,5);;;/q3*-1;;3*+2/p-3. The fourth-order valence-electron chi connectivity index (χ4n) is 3.50. The number of hydrogen-bond donors (Lipinski definition) is 0. The Labute approximate surface area is 281 Å². The maximum absolute atomic E-state index is 9.29. The smallest absolute Gasteiger partial charge is 0.850 e. The third kappa shape index (κ3) is 22.2. The summed E-state index contributed by atoms with van der Waals surface area (Å²) in [6.07, 6.45) is 6.68. The predicted octanol–water partition coefficient (Wildman–Crippen LogP) is 6.31. The van der Waals surface area contributed by atoms with Gasteiger partial charge in [-0.15, -0.1) is 0 Å². The van der Waals surface area contributed by atoms with E-state index in [2.05, 4.69) is 120 Å². The quantitative estimate of drug-likeness (QED) is 0.130. The third-order valence-corrected chi connectivity index (χ3v) is 5.32. The van der Waals surface area contributed by atoms with E-state index >= 15 is 0 Å². The van der Waals surface area contributed by atoms with Gasteiger partial charge in [0.05, 0.1) is 0 Å². The van der Waals surface area contributed by atoms with E-state index in [4.69, 9.17) is 0 Å². The Morgan fingerprint density at radius 3 is 0.921 bits per heavy atom. The zero-order valence-electron chi connectivity index (χ0n) is 24.1. The molecule has 0 aromatic heterocycles. The zero-order chi connectivity index (χ0) is 26.7. The molecular weight excluding hydrogens is 684 g/mol. The van der Waals surface area contributed by atoms with E-state index < -0.39 is 5.69 Å². The summed E-state index contributed by atoms with van der Waals surface area (Å²) in [4.78, 5) is 18.6. The summed E-state index contributed by atoms with van der Waals surface area (Å²) in [5.41, 5.74) is 4.68. The van der Waals surface area contributed by atoms with Crippen LogP contribution in [0.15, 0.2) is 54.6 Å². The van der Waals surface area contributed by atoms with Gasteiger partial charge in [-0.05, 0) is 0 Å². The molecule has 0 heterocycles. The molecule has 0 bridgehead atoms. The molecule has 3 aromatic carbocycles. The molecule has 8 heteroatoms. The molecule has 194 valence electrons. The van der Waals surface area contributed by atoms with Gasteiger partial charge in [0.15, 0.2) is 0 Å². The van der Waals surface area contributed by atoms with Crippen molar-refractivity contribution in [3.05, 3.63) is 106 Å². The van der Waals surface area contributed by atoms with E-state index in [1.165, 1.54) is 33.4 Å². The van der Waals surface area contributed by atoms with Gasteiger partial charge in [0, 0.05) is 0 Å². The van der Waals surface area contributed by atoms with Crippen LogP contribution < -0.4 is 9.79 Å². The molecule has 0 aliphatic heterocycles. The summed E-state index contributed by atoms with van der Waals surface area (Å²) in [7, 11) is 0. The van der Waals surface area contributed by atoms with Crippen molar-refractivity contribution < 1.29 is 68.2 Å². The van der Waals surface area contributed by atoms with Crippen LogP contribution in [0, 0.1) is 18.2 Å². The van der Waals surface area contributed by atoms with Crippen molar-refractivity contribution in [2.75, 3.05) is 0 Å². The van der Waals surface area contributed by atoms with E-state index in [1.54, 1.807) is 0 Å². The van der Waals surface area contributed by atoms with Gasteiger partial charge in [0.1, 0.15) is 0 Å². The molecule has 3 rings (SSSR count). The Kier molecular flexibility index (Phi) is 33.0. The topological polar surface area (TPSA) is 46.1 Å². The minimum Gasteiger partial charge on any atom is -0.850 e. The second kappa shape index (κ2) is 27.6. The molecule has 0 atom stereocenters. The van der Waals surface area contributed by atoms with Crippen molar-refractivity contribution in [1.82, 2.24) is 0 Å². The minimum absolute atomic E-state index is 0. The predicted molar refractivity (Wildman–Crippen MR) is 154 cm³/mol. The summed E-state index contributed by atoms with van der Waals surface area (Å²) in [5.74, 6) is 0. The van der Waals surface area contributed by atoms with Gasteiger partial charge in [0.2, 0.25) is 0 Å². The number of benzene rings is 3. The number of rotatable bonds is 6. The van der Waals surface area contributed by atoms with Crippen LogP contribution in [0.4, 0.5) is 0 Å². The van der Waals surface area contributed by atoms with Crippen molar-refractivity contribution in [2.45, 2.75) is 80.1 Å². The molecule has 2 nitrogen and oxygen atoms in total. The molecule has 0 unspecified atom stereocenters. The van der Waals surface area contributed by atoms with Crippen molar-refractivity contribution >= 4 is 29.7 Å². The third-order valence-electron chi connectivity index (χ3n) is 5.32. The molecule has 0 saturated carbocycles. The molecule has 0 radical (unpaired) electrons. The largest absolute Gasteiger partial charge is 2.00 e. The maximum Gasteiger partial charge on any atom is 2.00 e.